The summed E-state index contributed by atoms with van der Waals surface area (Å²) in [7, 11) is 0.664. The van der Waals surface area contributed by atoms with Gasteiger partial charge in [-0.05, 0) is 25.6 Å². The van der Waals surface area contributed by atoms with E-state index in [2.05, 4.69) is 5.32 Å². The number of hydrogen-bond acceptors (Lipinski definition) is 3. The molecule has 0 radical (unpaired) electrons. The number of hydrogen-bond donors (Lipinski definition) is 2. The Labute approximate surface area is 103 Å². The predicted octanol–water partition coefficient (Wildman–Crippen LogP) is 1.42. The van der Waals surface area contributed by atoms with E-state index in [-0.39, 0.29) is 12.6 Å². The fourth-order valence-corrected chi connectivity index (χ4v) is 3.16. The normalized spacial score (nSPS) is 14.7. The summed E-state index contributed by atoms with van der Waals surface area (Å²) in [5.41, 5.74) is 0. The second kappa shape index (κ2) is 7.01. The van der Waals surface area contributed by atoms with Gasteiger partial charge in [-0.3, -0.25) is 4.21 Å². The Balaban J connectivity index is 2.68. The van der Waals surface area contributed by atoms with Crippen molar-refractivity contribution in [3.05, 3.63) is 29.3 Å². The lowest BCUT2D eigenvalue weighted by atomic mass is 10.2. The molecule has 0 aliphatic heterocycles. The highest BCUT2D eigenvalue weighted by Gasteiger charge is 2.13. The van der Waals surface area contributed by atoms with Crippen molar-refractivity contribution in [2.45, 2.75) is 17.4 Å². The maximum absolute atomic E-state index is 12.0. The van der Waals surface area contributed by atoms with E-state index in [1.165, 1.54) is 0 Å². The highest BCUT2D eigenvalue weighted by molar-refractivity contribution is 7.85. The summed E-state index contributed by atoms with van der Waals surface area (Å²) in [6, 6.07) is 7.17. The van der Waals surface area contributed by atoms with Crippen LogP contribution in [0.3, 0.4) is 0 Å². The Morgan fingerprint density at radius 1 is 1.50 bits per heavy atom. The molecule has 0 fully saturated rings. The van der Waals surface area contributed by atoms with Gasteiger partial charge in [-0.25, -0.2) is 0 Å². The van der Waals surface area contributed by atoms with Crippen LogP contribution in [-0.2, 0) is 10.8 Å². The number of aliphatic hydroxyl groups excluding tert-OH is 1. The molecule has 1 rings (SSSR count). The van der Waals surface area contributed by atoms with Gasteiger partial charge in [0.05, 0.1) is 20.7 Å². The summed E-state index contributed by atoms with van der Waals surface area (Å²) in [5.74, 6) is 0.459. The minimum atomic E-state index is -1.13. The van der Waals surface area contributed by atoms with E-state index >= 15 is 0 Å². The second-order valence-corrected chi connectivity index (χ2v) is 5.31. The van der Waals surface area contributed by atoms with Crippen LogP contribution in [0, 0.1) is 0 Å². The lowest BCUT2D eigenvalue weighted by Gasteiger charge is -2.14. The summed E-state index contributed by atoms with van der Waals surface area (Å²) in [6.45, 7) is 0.0885. The first-order valence-corrected chi connectivity index (χ1v) is 6.79. The first kappa shape index (κ1) is 13.6. The van der Waals surface area contributed by atoms with Crippen LogP contribution in [-0.4, -0.2) is 34.8 Å². The molecule has 3 nitrogen and oxygen atoms in total. The molecule has 0 amide bonds. The maximum Gasteiger partial charge on any atom is 0.0574 e. The summed E-state index contributed by atoms with van der Waals surface area (Å²) < 4.78 is 12.0. The first-order chi connectivity index (χ1) is 7.69. The minimum Gasteiger partial charge on any atom is -0.396 e. The van der Waals surface area contributed by atoms with Gasteiger partial charge in [0.15, 0.2) is 0 Å². The van der Waals surface area contributed by atoms with Crippen molar-refractivity contribution in [3.8, 4) is 0 Å². The topological polar surface area (TPSA) is 49.3 Å². The summed E-state index contributed by atoms with van der Waals surface area (Å²) in [4.78, 5) is 0.655. The molecule has 1 aromatic rings. The van der Waals surface area contributed by atoms with E-state index in [1.807, 2.05) is 12.1 Å². The largest absolute Gasteiger partial charge is 0.396 e. The van der Waals surface area contributed by atoms with E-state index in [0.717, 1.165) is 0 Å². The van der Waals surface area contributed by atoms with Crippen molar-refractivity contribution in [3.63, 3.8) is 0 Å². The van der Waals surface area contributed by atoms with Gasteiger partial charge >= 0.3 is 0 Å². The van der Waals surface area contributed by atoms with E-state index in [0.29, 0.717) is 22.1 Å². The Kier molecular flexibility index (Phi) is 5.98. The van der Waals surface area contributed by atoms with Crippen LogP contribution in [0.5, 0.6) is 0 Å². The summed E-state index contributed by atoms with van der Waals surface area (Å²) >= 11 is 5.96. The van der Waals surface area contributed by atoms with Gasteiger partial charge in [0.25, 0.3) is 0 Å². The minimum absolute atomic E-state index is 0.0436. The number of nitrogens with one attached hydrogen (secondary N) is 1. The quantitative estimate of drug-likeness (QED) is 0.814. The molecular weight excluding hydrogens is 246 g/mol. The predicted molar refractivity (Wildman–Crippen MR) is 67.3 cm³/mol. The highest BCUT2D eigenvalue weighted by atomic mass is 35.5. The molecule has 2 atom stereocenters. The van der Waals surface area contributed by atoms with Crippen LogP contribution in [0.1, 0.15) is 6.42 Å². The molecule has 0 aromatic heterocycles. The molecule has 0 heterocycles. The molecule has 16 heavy (non-hydrogen) atoms. The number of aliphatic hydroxyl groups is 1. The number of benzene rings is 1. The molecule has 0 saturated carbocycles. The average Bonchev–Trinajstić information content (AvgIpc) is 2.28. The van der Waals surface area contributed by atoms with E-state index in [4.69, 9.17) is 16.7 Å². The SMILES string of the molecule is CNC(CCO)CS(=O)c1ccccc1Cl. The van der Waals surface area contributed by atoms with E-state index < -0.39 is 10.8 Å². The lowest BCUT2D eigenvalue weighted by Crippen LogP contribution is -2.32. The molecular formula is C11H16ClNO2S. The average molecular weight is 262 g/mol. The van der Waals surface area contributed by atoms with Crippen molar-refractivity contribution < 1.29 is 9.32 Å². The van der Waals surface area contributed by atoms with Gasteiger partial charge in [-0.1, -0.05) is 23.7 Å². The van der Waals surface area contributed by atoms with Crippen LogP contribution >= 0.6 is 11.6 Å². The highest BCUT2D eigenvalue weighted by Crippen LogP contribution is 2.19. The van der Waals surface area contributed by atoms with E-state index in [1.54, 1.807) is 19.2 Å². The van der Waals surface area contributed by atoms with Gasteiger partial charge in [-0.2, -0.15) is 0 Å². The summed E-state index contributed by atoms with van der Waals surface area (Å²) in [5, 5.41) is 12.4. The van der Waals surface area contributed by atoms with E-state index in [9.17, 15) is 4.21 Å². The molecule has 5 heteroatoms. The van der Waals surface area contributed by atoms with Crippen molar-refractivity contribution in [2.75, 3.05) is 19.4 Å². The molecule has 2 unspecified atom stereocenters. The van der Waals surface area contributed by atoms with Crippen molar-refractivity contribution in [1.82, 2.24) is 5.32 Å². The van der Waals surface area contributed by atoms with Crippen molar-refractivity contribution in [1.29, 1.82) is 0 Å². The fourth-order valence-electron chi connectivity index (χ4n) is 1.37. The van der Waals surface area contributed by atoms with Crippen LogP contribution in [0.25, 0.3) is 0 Å². The van der Waals surface area contributed by atoms with Gasteiger partial charge in [-0.15, -0.1) is 0 Å². The van der Waals surface area contributed by atoms with Gasteiger partial charge < -0.3 is 10.4 Å². The molecule has 0 bridgehead atoms. The monoisotopic (exact) mass is 261 g/mol. The zero-order valence-corrected chi connectivity index (χ0v) is 10.7. The molecule has 0 aliphatic carbocycles. The third-order valence-electron chi connectivity index (χ3n) is 2.32. The number of rotatable bonds is 6. The molecule has 90 valence electrons. The Bertz CT molecular complexity index is 360. The van der Waals surface area contributed by atoms with Gasteiger partial charge in [0.1, 0.15) is 0 Å². The standard InChI is InChI=1S/C11H16ClNO2S/c1-13-9(6-7-14)8-16(15)11-5-3-2-4-10(11)12/h2-5,9,13-14H,6-8H2,1H3. The third-order valence-corrected chi connectivity index (χ3v) is 4.31. The molecule has 1 aromatic carbocycles. The molecule has 0 aliphatic rings. The van der Waals surface area contributed by atoms with Crippen LogP contribution in [0.2, 0.25) is 5.02 Å². The Morgan fingerprint density at radius 3 is 2.75 bits per heavy atom. The second-order valence-electron chi connectivity index (χ2n) is 3.44. The summed E-state index contributed by atoms with van der Waals surface area (Å²) in [6.07, 6.45) is 0.590. The smallest absolute Gasteiger partial charge is 0.0574 e. The Morgan fingerprint density at radius 2 is 2.19 bits per heavy atom. The van der Waals surface area contributed by atoms with Crippen molar-refractivity contribution in [2.24, 2.45) is 0 Å². The molecule has 2 N–H and O–H groups in total. The zero-order chi connectivity index (χ0) is 12.0. The number of halogens is 1. The fraction of sp³-hybridized carbons (Fsp3) is 0.455. The third kappa shape index (κ3) is 3.87. The van der Waals surface area contributed by atoms with Crippen LogP contribution < -0.4 is 5.32 Å². The Hall–Kier alpha value is -0.420. The van der Waals surface area contributed by atoms with Crippen LogP contribution in [0.15, 0.2) is 29.2 Å². The first-order valence-electron chi connectivity index (χ1n) is 5.10. The molecule has 0 spiro atoms. The zero-order valence-electron chi connectivity index (χ0n) is 9.15. The van der Waals surface area contributed by atoms with Gasteiger partial charge in [0, 0.05) is 18.4 Å². The lowest BCUT2D eigenvalue weighted by molar-refractivity contribution is 0.273. The molecule has 0 saturated heterocycles. The van der Waals surface area contributed by atoms with Crippen LogP contribution in [0.4, 0.5) is 0 Å². The maximum atomic E-state index is 12.0. The van der Waals surface area contributed by atoms with Gasteiger partial charge in [0.2, 0.25) is 0 Å². The van der Waals surface area contributed by atoms with Crippen molar-refractivity contribution >= 4 is 22.4 Å².